The Bertz CT molecular complexity index is 457. The topological polar surface area (TPSA) is 75.3 Å². The lowest BCUT2D eigenvalue weighted by atomic mass is 9.95. The summed E-state index contributed by atoms with van der Waals surface area (Å²) in [6, 6.07) is 3.69. The molecule has 98 valence electrons. The first kappa shape index (κ1) is 13.2. The number of nitrogens with two attached hydrogens (primary N) is 1. The number of carboxylic acid groups (broad SMARTS) is 1. The second kappa shape index (κ2) is 5.61. The van der Waals surface area contributed by atoms with Crippen LogP contribution < -0.4 is 11.1 Å². The molecule has 0 atom stereocenters. The fourth-order valence-corrected chi connectivity index (χ4v) is 2.83. The van der Waals surface area contributed by atoms with Crippen LogP contribution in [0, 0.1) is 0 Å². The van der Waals surface area contributed by atoms with Gasteiger partial charge in [-0.25, -0.2) is 4.79 Å². The van der Waals surface area contributed by atoms with Crippen molar-refractivity contribution in [1.82, 2.24) is 0 Å². The lowest BCUT2D eigenvalue weighted by molar-refractivity contribution is 0.0698. The third-order valence-electron chi connectivity index (χ3n) is 3.33. The van der Waals surface area contributed by atoms with Crippen LogP contribution in [0.3, 0.4) is 0 Å². The summed E-state index contributed by atoms with van der Waals surface area (Å²) >= 11 is 3.42. The fraction of sp³-hybridized carbons (Fsp3) is 0.462. The molecule has 0 amide bonds. The van der Waals surface area contributed by atoms with Gasteiger partial charge in [-0.05, 0) is 40.9 Å². The Morgan fingerprint density at radius 2 is 2.00 bits per heavy atom. The van der Waals surface area contributed by atoms with E-state index in [9.17, 15) is 4.79 Å². The molecule has 1 fully saturated rings. The summed E-state index contributed by atoms with van der Waals surface area (Å²) < 4.78 is 0.815. The molecule has 0 saturated heterocycles. The molecule has 0 heterocycles. The molecule has 4 N–H and O–H groups in total. The maximum atomic E-state index is 11.1. The SMILES string of the molecule is Nc1cc(Br)c(NC2CCCCC2)cc1C(=O)O. The van der Waals surface area contributed by atoms with Gasteiger partial charge >= 0.3 is 5.97 Å². The summed E-state index contributed by atoms with van der Waals surface area (Å²) in [6.45, 7) is 0. The van der Waals surface area contributed by atoms with Crippen molar-refractivity contribution in [1.29, 1.82) is 0 Å². The summed E-state index contributed by atoms with van der Waals surface area (Å²) in [6.07, 6.45) is 6.03. The first-order valence-corrected chi connectivity index (χ1v) is 6.96. The van der Waals surface area contributed by atoms with Crippen molar-refractivity contribution >= 4 is 33.3 Å². The fourth-order valence-electron chi connectivity index (χ4n) is 2.35. The van der Waals surface area contributed by atoms with Crippen LogP contribution in [0.15, 0.2) is 16.6 Å². The van der Waals surface area contributed by atoms with E-state index in [2.05, 4.69) is 21.2 Å². The molecule has 0 spiro atoms. The van der Waals surface area contributed by atoms with Gasteiger partial charge in [0.15, 0.2) is 0 Å². The number of nitrogens with one attached hydrogen (secondary N) is 1. The molecule has 1 aromatic carbocycles. The Labute approximate surface area is 115 Å². The van der Waals surface area contributed by atoms with Crippen molar-refractivity contribution in [3.8, 4) is 0 Å². The lowest BCUT2D eigenvalue weighted by Crippen LogP contribution is -2.22. The number of rotatable bonds is 3. The van der Waals surface area contributed by atoms with Gasteiger partial charge in [-0.15, -0.1) is 0 Å². The number of benzene rings is 1. The number of hydrogen-bond acceptors (Lipinski definition) is 3. The highest BCUT2D eigenvalue weighted by Gasteiger charge is 2.17. The van der Waals surface area contributed by atoms with Crippen molar-refractivity contribution in [2.45, 2.75) is 38.1 Å². The van der Waals surface area contributed by atoms with Crippen LogP contribution in [-0.4, -0.2) is 17.1 Å². The molecule has 5 heteroatoms. The second-order valence-corrected chi connectivity index (χ2v) is 5.56. The van der Waals surface area contributed by atoms with E-state index < -0.39 is 5.97 Å². The number of carbonyl (C=O) groups is 1. The summed E-state index contributed by atoms with van der Waals surface area (Å²) in [5.41, 5.74) is 6.93. The summed E-state index contributed by atoms with van der Waals surface area (Å²) in [5, 5.41) is 12.5. The van der Waals surface area contributed by atoms with E-state index in [0.29, 0.717) is 6.04 Å². The molecule has 18 heavy (non-hydrogen) atoms. The average molecular weight is 313 g/mol. The van der Waals surface area contributed by atoms with Gasteiger partial charge in [-0.1, -0.05) is 19.3 Å². The Morgan fingerprint density at radius 1 is 1.33 bits per heavy atom. The largest absolute Gasteiger partial charge is 0.478 e. The molecular formula is C13H17BrN2O2. The Hall–Kier alpha value is -1.23. The number of halogens is 1. The second-order valence-electron chi connectivity index (χ2n) is 4.70. The summed E-state index contributed by atoms with van der Waals surface area (Å²) in [7, 11) is 0. The molecular weight excluding hydrogens is 296 g/mol. The third kappa shape index (κ3) is 2.96. The van der Waals surface area contributed by atoms with Gasteiger partial charge in [0.05, 0.1) is 5.56 Å². The van der Waals surface area contributed by atoms with Crippen LogP contribution in [0.2, 0.25) is 0 Å². The van der Waals surface area contributed by atoms with Gasteiger partial charge in [0.2, 0.25) is 0 Å². The van der Waals surface area contributed by atoms with Crippen LogP contribution in [0.4, 0.5) is 11.4 Å². The maximum Gasteiger partial charge on any atom is 0.337 e. The minimum absolute atomic E-state index is 0.150. The van der Waals surface area contributed by atoms with E-state index in [1.165, 1.54) is 19.3 Å². The van der Waals surface area contributed by atoms with Gasteiger partial charge in [0.1, 0.15) is 0 Å². The van der Waals surface area contributed by atoms with Crippen molar-refractivity contribution < 1.29 is 9.90 Å². The van der Waals surface area contributed by atoms with Gasteiger partial charge < -0.3 is 16.2 Å². The number of carboxylic acids is 1. The van der Waals surface area contributed by atoms with Crippen molar-refractivity contribution in [2.24, 2.45) is 0 Å². The zero-order valence-corrected chi connectivity index (χ0v) is 11.7. The Balaban J connectivity index is 2.21. The molecule has 1 aliphatic carbocycles. The number of aromatic carboxylic acids is 1. The number of anilines is 2. The van der Waals surface area contributed by atoms with Crippen molar-refractivity contribution in [3.63, 3.8) is 0 Å². The van der Waals surface area contributed by atoms with Crippen LogP contribution in [0.25, 0.3) is 0 Å². The minimum atomic E-state index is -0.994. The molecule has 1 aliphatic rings. The smallest absolute Gasteiger partial charge is 0.337 e. The third-order valence-corrected chi connectivity index (χ3v) is 3.99. The van der Waals surface area contributed by atoms with E-state index in [0.717, 1.165) is 23.0 Å². The molecule has 0 aromatic heterocycles. The Morgan fingerprint density at radius 3 is 2.61 bits per heavy atom. The molecule has 0 bridgehead atoms. The van der Waals surface area contributed by atoms with Crippen LogP contribution in [0.5, 0.6) is 0 Å². The summed E-state index contributed by atoms with van der Waals surface area (Å²) in [5.74, 6) is -0.994. The molecule has 1 aromatic rings. The van der Waals surface area contributed by atoms with Gasteiger partial charge in [-0.3, -0.25) is 0 Å². The lowest BCUT2D eigenvalue weighted by Gasteiger charge is -2.24. The molecule has 4 nitrogen and oxygen atoms in total. The first-order chi connectivity index (χ1) is 8.58. The normalized spacial score (nSPS) is 16.5. The number of hydrogen-bond donors (Lipinski definition) is 3. The standard InChI is InChI=1S/C13H17BrN2O2/c14-10-7-11(15)9(13(17)18)6-12(10)16-8-4-2-1-3-5-8/h6-8,16H,1-5,15H2,(H,17,18). The van der Waals surface area contributed by atoms with E-state index in [4.69, 9.17) is 10.8 Å². The molecule has 0 aliphatic heterocycles. The van der Waals surface area contributed by atoms with Crippen LogP contribution >= 0.6 is 15.9 Å². The van der Waals surface area contributed by atoms with Gasteiger partial charge in [-0.2, -0.15) is 0 Å². The molecule has 0 unspecified atom stereocenters. The number of nitrogen functional groups attached to an aromatic ring is 1. The molecule has 0 radical (unpaired) electrons. The minimum Gasteiger partial charge on any atom is -0.478 e. The zero-order chi connectivity index (χ0) is 13.1. The Kier molecular flexibility index (Phi) is 4.11. The average Bonchev–Trinajstić information content (AvgIpc) is 2.33. The van der Waals surface area contributed by atoms with Gasteiger partial charge in [0, 0.05) is 21.9 Å². The zero-order valence-electron chi connectivity index (χ0n) is 10.1. The van der Waals surface area contributed by atoms with Gasteiger partial charge in [0.25, 0.3) is 0 Å². The highest BCUT2D eigenvalue weighted by atomic mass is 79.9. The van der Waals surface area contributed by atoms with E-state index in [1.807, 2.05) is 0 Å². The van der Waals surface area contributed by atoms with E-state index >= 15 is 0 Å². The van der Waals surface area contributed by atoms with Crippen LogP contribution in [0.1, 0.15) is 42.5 Å². The molecule has 1 saturated carbocycles. The highest BCUT2D eigenvalue weighted by Crippen LogP contribution is 2.31. The predicted octanol–water partition coefficient (Wildman–Crippen LogP) is 3.47. The predicted molar refractivity (Wildman–Crippen MR) is 76.0 cm³/mol. The highest BCUT2D eigenvalue weighted by molar-refractivity contribution is 9.10. The van der Waals surface area contributed by atoms with Crippen LogP contribution in [-0.2, 0) is 0 Å². The quantitative estimate of drug-likeness (QED) is 0.747. The van der Waals surface area contributed by atoms with E-state index in [-0.39, 0.29) is 11.3 Å². The monoisotopic (exact) mass is 312 g/mol. The van der Waals surface area contributed by atoms with Crippen molar-refractivity contribution in [3.05, 3.63) is 22.2 Å². The summed E-state index contributed by atoms with van der Waals surface area (Å²) in [4.78, 5) is 11.1. The maximum absolute atomic E-state index is 11.1. The molecule has 2 rings (SSSR count). The van der Waals surface area contributed by atoms with E-state index in [1.54, 1.807) is 12.1 Å². The first-order valence-electron chi connectivity index (χ1n) is 6.17. The van der Waals surface area contributed by atoms with Crippen molar-refractivity contribution in [2.75, 3.05) is 11.1 Å².